The first-order valence-electron chi connectivity index (χ1n) is 8.17. The van der Waals surface area contributed by atoms with Crippen LogP contribution in [-0.2, 0) is 21.2 Å². The van der Waals surface area contributed by atoms with Crippen LogP contribution < -0.4 is 10.0 Å². The van der Waals surface area contributed by atoms with Gasteiger partial charge in [-0.05, 0) is 43.0 Å². The Morgan fingerprint density at radius 2 is 1.81 bits per heavy atom. The molecular formula is C18H18Cl2N2O3S. The Morgan fingerprint density at radius 3 is 2.46 bits per heavy atom. The van der Waals surface area contributed by atoms with Gasteiger partial charge in [-0.15, -0.1) is 0 Å². The van der Waals surface area contributed by atoms with Crippen molar-refractivity contribution >= 4 is 39.1 Å². The molecule has 0 heterocycles. The maximum absolute atomic E-state index is 12.8. The number of benzene rings is 2. The Hall–Kier alpha value is -1.60. The molecule has 0 unspecified atom stereocenters. The van der Waals surface area contributed by atoms with E-state index < -0.39 is 16.1 Å². The van der Waals surface area contributed by atoms with E-state index in [2.05, 4.69) is 10.0 Å². The number of amides is 1. The Labute approximate surface area is 162 Å². The van der Waals surface area contributed by atoms with Crippen molar-refractivity contribution in [3.63, 3.8) is 0 Å². The fourth-order valence-corrected chi connectivity index (χ4v) is 4.46. The standard InChI is InChI=1S/C18H18Cl2N2O3S/c19-13-6-9-15(20)17(11-13)26(24,25)22-16(18(23)21-14-7-8-14)10-12-4-2-1-3-5-12/h1-6,9,11,14,16,22H,7-8,10H2,(H,21,23)/t16-/m1/s1. The van der Waals surface area contributed by atoms with Gasteiger partial charge in [0.1, 0.15) is 10.9 Å². The minimum atomic E-state index is -4.02. The number of nitrogens with one attached hydrogen (secondary N) is 2. The topological polar surface area (TPSA) is 75.3 Å². The molecule has 1 atom stereocenters. The highest BCUT2D eigenvalue weighted by atomic mass is 35.5. The van der Waals surface area contributed by atoms with Gasteiger partial charge in [-0.3, -0.25) is 4.79 Å². The molecule has 2 N–H and O–H groups in total. The van der Waals surface area contributed by atoms with Crippen molar-refractivity contribution in [1.29, 1.82) is 0 Å². The highest BCUT2D eigenvalue weighted by Gasteiger charge is 2.31. The smallest absolute Gasteiger partial charge is 0.242 e. The predicted octanol–water partition coefficient (Wildman–Crippen LogP) is 3.16. The molecule has 1 aliphatic rings. The second-order valence-electron chi connectivity index (χ2n) is 6.22. The van der Waals surface area contributed by atoms with Crippen LogP contribution in [0.2, 0.25) is 10.0 Å². The zero-order valence-electron chi connectivity index (χ0n) is 13.8. The van der Waals surface area contributed by atoms with E-state index in [0.717, 1.165) is 18.4 Å². The van der Waals surface area contributed by atoms with Crippen LogP contribution in [0.4, 0.5) is 0 Å². The molecular weight excluding hydrogens is 395 g/mol. The zero-order chi connectivity index (χ0) is 18.7. The van der Waals surface area contributed by atoms with Crippen LogP contribution in [0, 0.1) is 0 Å². The molecule has 0 aromatic heterocycles. The molecule has 1 fully saturated rings. The first-order chi connectivity index (χ1) is 12.3. The van der Waals surface area contributed by atoms with Crippen LogP contribution in [0.3, 0.4) is 0 Å². The molecule has 138 valence electrons. The molecule has 3 rings (SSSR count). The molecule has 8 heteroatoms. The van der Waals surface area contributed by atoms with Gasteiger partial charge in [-0.25, -0.2) is 8.42 Å². The number of carbonyl (C=O) groups excluding carboxylic acids is 1. The quantitative estimate of drug-likeness (QED) is 0.732. The van der Waals surface area contributed by atoms with Crippen LogP contribution in [0.1, 0.15) is 18.4 Å². The Bertz CT molecular complexity index is 900. The molecule has 1 aliphatic carbocycles. The van der Waals surface area contributed by atoms with Crippen LogP contribution in [0.5, 0.6) is 0 Å². The Morgan fingerprint density at radius 1 is 1.12 bits per heavy atom. The summed E-state index contributed by atoms with van der Waals surface area (Å²) in [6.07, 6.45) is 2.06. The SMILES string of the molecule is O=C(NC1CC1)[C@@H](Cc1ccccc1)NS(=O)(=O)c1cc(Cl)ccc1Cl. The van der Waals surface area contributed by atoms with Crippen LogP contribution >= 0.6 is 23.2 Å². The molecule has 2 aromatic rings. The number of rotatable bonds is 7. The molecule has 1 amide bonds. The summed E-state index contributed by atoms with van der Waals surface area (Å²) >= 11 is 11.9. The van der Waals surface area contributed by atoms with E-state index in [9.17, 15) is 13.2 Å². The lowest BCUT2D eigenvalue weighted by molar-refractivity contribution is -0.122. The molecule has 5 nitrogen and oxygen atoms in total. The lowest BCUT2D eigenvalue weighted by Gasteiger charge is -2.19. The summed E-state index contributed by atoms with van der Waals surface area (Å²) in [6, 6.07) is 12.6. The maximum Gasteiger partial charge on any atom is 0.242 e. The lowest BCUT2D eigenvalue weighted by atomic mass is 10.1. The van der Waals surface area contributed by atoms with E-state index in [1.807, 2.05) is 30.3 Å². The van der Waals surface area contributed by atoms with E-state index >= 15 is 0 Å². The fraction of sp³-hybridized carbons (Fsp3) is 0.278. The third kappa shape index (κ3) is 4.98. The Balaban J connectivity index is 1.85. The molecule has 0 saturated heterocycles. The number of hydrogen-bond donors (Lipinski definition) is 2. The third-order valence-corrected chi connectivity index (χ3v) is 6.19. The molecule has 0 aliphatic heterocycles. The van der Waals surface area contributed by atoms with Gasteiger partial charge in [-0.1, -0.05) is 53.5 Å². The van der Waals surface area contributed by atoms with Crippen molar-refractivity contribution in [1.82, 2.24) is 10.0 Å². The van der Waals surface area contributed by atoms with E-state index in [-0.39, 0.29) is 33.3 Å². The minimum absolute atomic E-state index is 0.0444. The molecule has 2 aromatic carbocycles. The van der Waals surface area contributed by atoms with Crippen LogP contribution in [-0.4, -0.2) is 26.4 Å². The summed E-state index contributed by atoms with van der Waals surface area (Å²) in [5, 5.41) is 3.14. The molecule has 0 radical (unpaired) electrons. The van der Waals surface area contributed by atoms with Crippen molar-refractivity contribution in [3.8, 4) is 0 Å². The largest absolute Gasteiger partial charge is 0.352 e. The maximum atomic E-state index is 12.8. The van der Waals surface area contributed by atoms with E-state index in [1.54, 1.807) is 0 Å². The van der Waals surface area contributed by atoms with Gasteiger partial charge in [-0.2, -0.15) is 4.72 Å². The fourth-order valence-electron chi connectivity index (χ4n) is 2.50. The number of carbonyl (C=O) groups is 1. The van der Waals surface area contributed by atoms with Gasteiger partial charge in [0.2, 0.25) is 15.9 Å². The second kappa shape index (κ2) is 7.96. The van der Waals surface area contributed by atoms with Crippen molar-refractivity contribution < 1.29 is 13.2 Å². The van der Waals surface area contributed by atoms with E-state index in [4.69, 9.17) is 23.2 Å². The zero-order valence-corrected chi connectivity index (χ0v) is 16.1. The molecule has 26 heavy (non-hydrogen) atoms. The van der Waals surface area contributed by atoms with Crippen molar-refractivity contribution in [3.05, 3.63) is 64.1 Å². The number of halogens is 2. The van der Waals surface area contributed by atoms with Crippen molar-refractivity contribution in [2.75, 3.05) is 0 Å². The molecule has 0 bridgehead atoms. The van der Waals surface area contributed by atoms with Gasteiger partial charge in [0, 0.05) is 11.1 Å². The van der Waals surface area contributed by atoms with E-state index in [1.165, 1.54) is 18.2 Å². The molecule has 1 saturated carbocycles. The first kappa shape index (κ1) is 19.2. The summed E-state index contributed by atoms with van der Waals surface area (Å²) in [6.45, 7) is 0. The predicted molar refractivity (Wildman–Crippen MR) is 102 cm³/mol. The third-order valence-electron chi connectivity index (χ3n) is 4.00. The van der Waals surface area contributed by atoms with Crippen LogP contribution in [0.25, 0.3) is 0 Å². The lowest BCUT2D eigenvalue weighted by Crippen LogP contribution is -2.48. The first-order valence-corrected chi connectivity index (χ1v) is 10.4. The van der Waals surface area contributed by atoms with Crippen molar-refractivity contribution in [2.45, 2.75) is 36.2 Å². The van der Waals surface area contributed by atoms with Gasteiger partial charge in [0.05, 0.1) is 5.02 Å². The normalized spacial score (nSPS) is 15.5. The summed E-state index contributed by atoms with van der Waals surface area (Å²) < 4.78 is 28.0. The van der Waals surface area contributed by atoms with Crippen LogP contribution in [0.15, 0.2) is 53.4 Å². The number of hydrogen-bond acceptors (Lipinski definition) is 3. The Kier molecular flexibility index (Phi) is 5.87. The van der Waals surface area contributed by atoms with E-state index in [0.29, 0.717) is 0 Å². The van der Waals surface area contributed by atoms with Gasteiger partial charge in [0.15, 0.2) is 0 Å². The monoisotopic (exact) mass is 412 g/mol. The summed E-state index contributed by atoms with van der Waals surface area (Å²) in [7, 11) is -4.02. The summed E-state index contributed by atoms with van der Waals surface area (Å²) in [4.78, 5) is 12.4. The highest BCUT2D eigenvalue weighted by Crippen LogP contribution is 2.25. The minimum Gasteiger partial charge on any atom is -0.352 e. The average molecular weight is 413 g/mol. The highest BCUT2D eigenvalue weighted by molar-refractivity contribution is 7.89. The van der Waals surface area contributed by atoms with Gasteiger partial charge >= 0.3 is 0 Å². The second-order valence-corrected chi connectivity index (χ2v) is 8.75. The number of sulfonamides is 1. The van der Waals surface area contributed by atoms with Crippen molar-refractivity contribution in [2.24, 2.45) is 0 Å². The van der Waals surface area contributed by atoms with Gasteiger partial charge in [0.25, 0.3) is 0 Å². The van der Waals surface area contributed by atoms with Gasteiger partial charge < -0.3 is 5.32 Å². The molecule has 0 spiro atoms. The summed E-state index contributed by atoms with van der Waals surface area (Å²) in [5.41, 5.74) is 0.850. The average Bonchev–Trinajstić information content (AvgIpc) is 3.41. The summed E-state index contributed by atoms with van der Waals surface area (Å²) in [5.74, 6) is -0.349.